The highest BCUT2D eigenvalue weighted by molar-refractivity contribution is 7.13. The molecule has 0 radical (unpaired) electrons. The van der Waals surface area contributed by atoms with Gasteiger partial charge in [-0.3, -0.25) is 4.79 Å². The molecule has 2 aromatic carbocycles. The van der Waals surface area contributed by atoms with Crippen LogP contribution in [0.2, 0.25) is 0 Å². The van der Waals surface area contributed by atoms with Crippen LogP contribution in [0.25, 0.3) is 21.5 Å². The molecule has 5 rings (SSSR count). The first-order valence-corrected chi connectivity index (χ1v) is 11.1. The van der Waals surface area contributed by atoms with Crippen LogP contribution in [0, 0.1) is 0 Å². The molecule has 0 spiro atoms. The number of para-hydroxylation sites is 1. The normalized spacial score (nSPS) is 14.2. The third kappa shape index (κ3) is 4.20. The van der Waals surface area contributed by atoms with Crippen molar-refractivity contribution in [2.24, 2.45) is 0 Å². The lowest BCUT2D eigenvalue weighted by Gasteiger charge is -2.19. The standard InChI is InChI=1S/C25H20N2O3S/c28-24(26-17-12-13-17)23(16-7-2-1-3-8-16)30-25(29)19-15-21(22-11-6-14-31-22)27-20-10-5-4-9-18(19)20/h1-11,14-15,17,23H,12-13H2,(H,26,28). The van der Waals surface area contributed by atoms with Crippen LogP contribution < -0.4 is 5.32 Å². The Balaban J connectivity index is 1.52. The van der Waals surface area contributed by atoms with E-state index in [1.807, 2.05) is 60.0 Å². The Morgan fingerprint density at radius 1 is 1.00 bits per heavy atom. The number of thiophene rings is 1. The Kier molecular flexibility index (Phi) is 5.22. The van der Waals surface area contributed by atoms with Crippen LogP contribution in [-0.2, 0) is 9.53 Å². The molecular weight excluding hydrogens is 408 g/mol. The number of esters is 1. The van der Waals surface area contributed by atoms with Gasteiger partial charge < -0.3 is 10.1 Å². The van der Waals surface area contributed by atoms with Crippen molar-refractivity contribution in [1.82, 2.24) is 10.3 Å². The molecule has 2 aromatic heterocycles. The zero-order valence-corrected chi connectivity index (χ0v) is 17.5. The Labute approximate surface area is 183 Å². The van der Waals surface area contributed by atoms with E-state index >= 15 is 0 Å². The maximum atomic E-state index is 13.3. The first kappa shape index (κ1) is 19.5. The van der Waals surface area contributed by atoms with Gasteiger partial charge in [-0.25, -0.2) is 9.78 Å². The van der Waals surface area contributed by atoms with E-state index < -0.39 is 12.1 Å². The number of carbonyl (C=O) groups is 2. The molecule has 0 aliphatic heterocycles. The van der Waals surface area contributed by atoms with Gasteiger partial charge in [0.15, 0.2) is 0 Å². The predicted octanol–water partition coefficient (Wildman–Crippen LogP) is 5.14. The van der Waals surface area contributed by atoms with Crippen LogP contribution in [0.5, 0.6) is 0 Å². The van der Waals surface area contributed by atoms with Gasteiger partial charge in [-0.15, -0.1) is 11.3 Å². The first-order valence-electron chi connectivity index (χ1n) is 10.2. The second-order valence-electron chi connectivity index (χ2n) is 7.53. The lowest BCUT2D eigenvalue weighted by atomic mass is 10.1. The number of nitrogens with one attached hydrogen (secondary N) is 1. The number of hydrogen-bond donors (Lipinski definition) is 1. The van der Waals surface area contributed by atoms with Crippen molar-refractivity contribution >= 4 is 34.1 Å². The fourth-order valence-electron chi connectivity index (χ4n) is 3.47. The van der Waals surface area contributed by atoms with Gasteiger partial charge in [-0.1, -0.05) is 54.6 Å². The van der Waals surface area contributed by atoms with Gasteiger partial charge in [0.25, 0.3) is 5.91 Å². The van der Waals surface area contributed by atoms with E-state index in [4.69, 9.17) is 9.72 Å². The van der Waals surface area contributed by atoms with Crippen molar-refractivity contribution < 1.29 is 14.3 Å². The number of hydrogen-bond acceptors (Lipinski definition) is 5. The van der Waals surface area contributed by atoms with Crippen LogP contribution in [0.15, 0.2) is 78.2 Å². The Hall–Kier alpha value is -3.51. The zero-order valence-electron chi connectivity index (χ0n) is 16.7. The molecule has 1 unspecified atom stereocenters. The molecule has 1 aliphatic carbocycles. The number of amides is 1. The smallest absolute Gasteiger partial charge is 0.340 e. The summed E-state index contributed by atoms with van der Waals surface area (Å²) in [7, 11) is 0. The molecule has 1 saturated carbocycles. The largest absolute Gasteiger partial charge is 0.444 e. The number of nitrogens with zero attached hydrogens (tertiary/aromatic N) is 1. The fourth-order valence-corrected chi connectivity index (χ4v) is 4.16. The SMILES string of the molecule is O=C(OC(C(=O)NC1CC1)c1ccccc1)c1cc(-c2cccs2)nc2ccccc12. The summed E-state index contributed by atoms with van der Waals surface area (Å²) in [6, 6.07) is 22.4. The second-order valence-corrected chi connectivity index (χ2v) is 8.48. The molecule has 1 amide bonds. The summed E-state index contributed by atoms with van der Waals surface area (Å²) in [5.41, 5.74) is 2.46. The lowest BCUT2D eigenvalue weighted by molar-refractivity contribution is -0.130. The summed E-state index contributed by atoms with van der Waals surface area (Å²) in [5, 5.41) is 5.62. The van der Waals surface area contributed by atoms with Gasteiger partial charge in [-0.05, 0) is 36.4 Å². The quantitative estimate of drug-likeness (QED) is 0.432. The highest BCUT2D eigenvalue weighted by Gasteiger charge is 2.31. The molecule has 31 heavy (non-hydrogen) atoms. The van der Waals surface area contributed by atoms with Crippen molar-refractivity contribution in [2.75, 3.05) is 0 Å². The Bertz CT molecular complexity index is 1230. The van der Waals surface area contributed by atoms with Gasteiger partial charge >= 0.3 is 5.97 Å². The van der Waals surface area contributed by atoms with Crippen molar-refractivity contribution in [3.63, 3.8) is 0 Å². The summed E-state index contributed by atoms with van der Waals surface area (Å²) in [4.78, 5) is 31.9. The maximum Gasteiger partial charge on any atom is 0.340 e. The van der Waals surface area contributed by atoms with Crippen LogP contribution >= 0.6 is 11.3 Å². The summed E-state index contributed by atoms with van der Waals surface area (Å²) in [6.45, 7) is 0. The van der Waals surface area contributed by atoms with E-state index in [-0.39, 0.29) is 11.9 Å². The minimum Gasteiger partial charge on any atom is -0.444 e. The first-order chi connectivity index (χ1) is 15.2. The minimum atomic E-state index is -1.01. The number of rotatable bonds is 6. The second kappa shape index (κ2) is 8.32. The number of aromatic nitrogens is 1. The van der Waals surface area contributed by atoms with E-state index in [1.165, 1.54) is 0 Å². The molecule has 1 N–H and O–H groups in total. The van der Waals surface area contributed by atoms with Gasteiger partial charge in [0.2, 0.25) is 6.10 Å². The third-order valence-electron chi connectivity index (χ3n) is 5.20. The fraction of sp³-hybridized carbons (Fsp3) is 0.160. The van der Waals surface area contributed by atoms with Crippen LogP contribution in [0.1, 0.15) is 34.9 Å². The summed E-state index contributed by atoms with van der Waals surface area (Å²) >= 11 is 1.56. The Morgan fingerprint density at radius 2 is 1.77 bits per heavy atom. The molecule has 1 atom stereocenters. The third-order valence-corrected chi connectivity index (χ3v) is 6.09. The lowest BCUT2D eigenvalue weighted by Crippen LogP contribution is -2.33. The number of fused-ring (bicyclic) bond motifs is 1. The topological polar surface area (TPSA) is 68.3 Å². The van der Waals surface area contributed by atoms with Gasteiger partial charge in [-0.2, -0.15) is 0 Å². The van der Waals surface area contributed by atoms with Crippen LogP contribution in [0.4, 0.5) is 0 Å². The number of carbonyl (C=O) groups excluding carboxylic acids is 2. The number of benzene rings is 2. The molecule has 6 heteroatoms. The maximum absolute atomic E-state index is 13.3. The van der Waals surface area contributed by atoms with Crippen molar-refractivity contribution in [3.8, 4) is 10.6 Å². The molecule has 2 heterocycles. The van der Waals surface area contributed by atoms with E-state index in [2.05, 4.69) is 5.32 Å². The molecule has 154 valence electrons. The summed E-state index contributed by atoms with van der Waals surface area (Å²) in [5.74, 6) is -0.838. The van der Waals surface area contributed by atoms with Gasteiger partial charge in [0.1, 0.15) is 0 Å². The molecule has 1 fully saturated rings. The average molecular weight is 429 g/mol. The average Bonchev–Trinajstić information content (AvgIpc) is 3.44. The highest BCUT2D eigenvalue weighted by Crippen LogP contribution is 2.30. The number of pyridine rings is 1. The molecule has 0 bridgehead atoms. The predicted molar refractivity (Wildman–Crippen MR) is 121 cm³/mol. The van der Waals surface area contributed by atoms with E-state index in [9.17, 15) is 9.59 Å². The van der Waals surface area contributed by atoms with E-state index in [1.54, 1.807) is 29.5 Å². The zero-order chi connectivity index (χ0) is 21.2. The summed E-state index contributed by atoms with van der Waals surface area (Å²) < 4.78 is 5.82. The van der Waals surface area contributed by atoms with E-state index in [0.29, 0.717) is 27.7 Å². The molecule has 5 nitrogen and oxygen atoms in total. The Morgan fingerprint density at radius 3 is 2.52 bits per heavy atom. The highest BCUT2D eigenvalue weighted by atomic mass is 32.1. The van der Waals surface area contributed by atoms with Crippen molar-refractivity contribution in [3.05, 3.63) is 89.3 Å². The van der Waals surface area contributed by atoms with E-state index in [0.717, 1.165) is 17.7 Å². The number of ether oxygens (including phenoxy) is 1. The minimum absolute atomic E-state index is 0.171. The van der Waals surface area contributed by atoms with Gasteiger partial charge in [0, 0.05) is 17.0 Å². The summed E-state index contributed by atoms with van der Waals surface area (Å²) in [6.07, 6.45) is 0.909. The molecule has 4 aromatic rings. The van der Waals surface area contributed by atoms with Crippen LogP contribution in [-0.4, -0.2) is 22.9 Å². The molecule has 0 saturated heterocycles. The van der Waals surface area contributed by atoms with Gasteiger partial charge in [0.05, 0.1) is 21.7 Å². The van der Waals surface area contributed by atoms with Crippen molar-refractivity contribution in [1.29, 1.82) is 0 Å². The van der Waals surface area contributed by atoms with Crippen molar-refractivity contribution in [2.45, 2.75) is 25.0 Å². The molecule has 1 aliphatic rings. The monoisotopic (exact) mass is 428 g/mol. The molecular formula is C25H20N2O3S. The van der Waals surface area contributed by atoms with Crippen LogP contribution in [0.3, 0.4) is 0 Å².